The van der Waals surface area contributed by atoms with E-state index in [9.17, 15) is 9.18 Å². The molecule has 0 spiro atoms. The van der Waals surface area contributed by atoms with Crippen molar-refractivity contribution >= 4 is 44.9 Å². The van der Waals surface area contributed by atoms with Crippen LogP contribution in [0.4, 0.5) is 20.6 Å². The van der Waals surface area contributed by atoms with E-state index in [1.807, 2.05) is 0 Å². The molecule has 0 aliphatic carbocycles. The lowest BCUT2D eigenvalue weighted by atomic mass is 10.2. The van der Waals surface area contributed by atoms with E-state index < -0.39 is 11.8 Å². The molecular formula is C14H11BrClFN2O. The van der Waals surface area contributed by atoms with Gasteiger partial charge in [-0.15, -0.1) is 0 Å². The standard InChI is InChI=1S/C14H11BrClFN2O/c1-8-6-11(17)13(7-9(8)15)19-14(20)18-12-5-3-2-4-10(12)16/h2-7H,1H3,(H2,18,19,20). The SMILES string of the molecule is Cc1cc(F)c(NC(=O)Nc2ccccc2Cl)cc1Br. The number of urea groups is 1. The molecular weight excluding hydrogens is 347 g/mol. The maximum absolute atomic E-state index is 13.7. The number of hydrogen-bond acceptors (Lipinski definition) is 1. The Morgan fingerprint density at radius 1 is 1.20 bits per heavy atom. The molecule has 2 amide bonds. The van der Waals surface area contributed by atoms with Crippen LogP contribution in [0.2, 0.25) is 5.02 Å². The fourth-order valence-electron chi connectivity index (χ4n) is 1.58. The maximum Gasteiger partial charge on any atom is 0.323 e. The Morgan fingerprint density at radius 2 is 1.85 bits per heavy atom. The average molecular weight is 358 g/mol. The van der Waals surface area contributed by atoms with E-state index in [1.54, 1.807) is 31.2 Å². The third kappa shape index (κ3) is 3.49. The zero-order chi connectivity index (χ0) is 14.7. The van der Waals surface area contributed by atoms with E-state index in [1.165, 1.54) is 12.1 Å². The smallest absolute Gasteiger partial charge is 0.306 e. The van der Waals surface area contributed by atoms with E-state index >= 15 is 0 Å². The quantitative estimate of drug-likeness (QED) is 0.762. The van der Waals surface area contributed by atoms with Gasteiger partial charge in [-0.3, -0.25) is 0 Å². The fourth-order valence-corrected chi connectivity index (χ4v) is 2.11. The van der Waals surface area contributed by atoms with Crippen molar-refractivity contribution in [3.63, 3.8) is 0 Å². The molecule has 2 N–H and O–H groups in total. The number of amides is 2. The highest BCUT2D eigenvalue weighted by Crippen LogP contribution is 2.25. The van der Waals surface area contributed by atoms with Crippen molar-refractivity contribution in [2.75, 3.05) is 10.6 Å². The second-order valence-electron chi connectivity index (χ2n) is 4.14. The van der Waals surface area contributed by atoms with Crippen LogP contribution in [0.25, 0.3) is 0 Å². The molecule has 2 aromatic rings. The molecule has 0 saturated carbocycles. The van der Waals surface area contributed by atoms with Crippen molar-refractivity contribution in [3.05, 3.63) is 57.3 Å². The van der Waals surface area contributed by atoms with Crippen LogP contribution in [0.1, 0.15) is 5.56 Å². The van der Waals surface area contributed by atoms with Gasteiger partial charge in [0, 0.05) is 4.47 Å². The molecule has 0 saturated heterocycles. The van der Waals surface area contributed by atoms with Crippen molar-refractivity contribution in [1.82, 2.24) is 0 Å². The first-order chi connectivity index (χ1) is 9.47. The summed E-state index contributed by atoms with van der Waals surface area (Å²) in [5, 5.41) is 5.41. The normalized spacial score (nSPS) is 10.2. The van der Waals surface area contributed by atoms with Gasteiger partial charge in [-0.1, -0.05) is 39.7 Å². The predicted octanol–water partition coefficient (Wildman–Crippen LogP) is 5.19. The van der Waals surface area contributed by atoms with Gasteiger partial charge in [0.05, 0.1) is 16.4 Å². The van der Waals surface area contributed by atoms with Crippen LogP contribution in [0.3, 0.4) is 0 Å². The van der Waals surface area contributed by atoms with Crippen molar-refractivity contribution in [2.24, 2.45) is 0 Å². The van der Waals surface area contributed by atoms with E-state index in [0.717, 1.165) is 5.56 Å². The van der Waals surface area contributed by atoms with Gasteiger partial charge in [-0.05, 0) is 36.8 Å². The van der Waals surface area contributed by atoms with Crippen molar-refractivity contribution in [3.8, 4) is 0 Å². The molecule has 0 fully saturated rings. The van der Waals surface area contributed by atoms with Crippen LogP contribution in [0, 0.1) is 12.7 Å². The first-order valence-electron chi connectivity index (χ1n) is 5.75. The maximum atomic E-state index is 13.7. The molecule has 2 rings (SSSR count). The topological polar surface area (TPSA) is 41.1 Å². The van der Waals surface area contributed by atoms with Crippen LogP contribution in [-0.4, -0.2) is 6.03 Å². The van der Waals surface area contributed by atoms with Gasteiger partial charge in [0.25, 0.3) is 0 Å². The van der Waals surface area contributed by atoms with Gasteiger partial charge in [-0.2, -0.15) is 0 Å². The van der Waals surface area contributed by atoms with E-state index in [-0.39, 0.29) is 5.69 Å². The molecule has 0 heterocycles. The van der Waals surface area contributed by atoms with E-state index in [4.69, 9.17) is 11.6 Å². The zero-order valence-electron chi connectivity index (χ0n) is 10.5. The number of para-hydroxylation sites is 1. The van der Waals surface area contributed by atoms with Crippen LogP contribution in [0.5, 0.6) is 0 Å². The van der Waals surface area contributed by atoms with Gasteiger partial charge in [0.1, 0.15) is 5.82 Å². The molecule has 6 heteroatoms. The second kappa shape index (κ2) is 6.24. The molecule has 3 nitrogen and oxygen atoms in total. The van der Waals surface area contributed by atoms with Gasteiger partial charge in [-0.25, -0.2) is 9.18 Å². The van der Waals surface area contributed by atoms with Gasteiger partial charge >= 0.3 is 6.03 Å². The predicted molar refractivity (Wildman–Crippen MR) is 82.9 cm³/mol. The lowest BCUT2D eigenvalue weighted by Gasteiger charge is -2.10. The van der Waals surface area contributed by atoms with Crippen LogP contribution in [-0.2, 0) is 0 Å². The Labute approximate surface area is 129 Å². The average Bonchev–Trinajstić information content (AvgIpc) is 2.39. The highest BCUT2D eigenvalue weighted by molar-refractivity contribution is 9.10. The molecule has 20 heavy (non-hydrogen) atoms. The molecule has 0 aliphatic rings. The van der Waals surface area contributed by atoms with E-state index in [0.29, 0.717) is 15.2 Å². The Kier molecular flexibility index (Phi) is 4.62. The first kappa shape index (κ1) is 14.8. The summed E-state index contributed by atoms with van der Waals surface area (Å²) >= 11 is 9.21. The monoisotopic (exact) mass is 356 g/mol. The molecule has 104 valence electrons. The number of carbonyl (C=O) groups is 1. The van der Waals surface area contributed by atoms with Crippen molar-refractivity contribution in [1.29, 1.82) is 0 Å². The van der Waals surface area contributed by atoms with Gasteiger partial charge in [0.2, 0.25) is 0 Å². The van der Waals surface area contributed by atoms with Gasteiger partial charge in [0.15, 0.2) is 0 Å². The molecule has 0 bridgehead atoms. The Morgan fingerprint density at radius 3 is 2.55 bits per heavy atom. The number of rotatable bonds is 2. The lowest BCUT2D eigenvalue weighted by Crippen LogP contribution is -2.20. The summed E-state index contributed by atoms with van der Waals surface area (Å²) in [7, 11) is 0. The number of halogens is 3. The summed E-state index contributed by atoms with van der Waals surface area (Å²) in [4.78, 5) is 11.8. The van der Waals surface area contributed by atoms with Crippen LogP contribution < -0.4 is 10.6 Å². The summed E-state index contributed by atoms with van der Waals surface area (Å²) in [5.74, 6) is -0.500. The van der Waals surface area contributed by atoms with Gasteiger partial charge < -0.3 is 10.6 Å². The first-order valence-corrected chi connectivity index (χ1v) is 6.92. The number of anilines is 2. The van der Waals surface area contributed by atoms with E-state index in [2.05, 4.69) is 26.6 Å². The molecule has 0 aromatic heterocycles. The number of carbonyl (C=O) groups excluding carboxylic acids is 1. The largest absolute Gasteiger partial charge is 0.323 e. The third-order valence-electron chi connectivity index (χ3n) is 2.62. The Hall–Kier alpha value is -1.59. The van der Waals surface area contributed by atoms with Crippen LogP contribution in [0.15, 0.2) is 40.9 Å². The minimum absolute atomic E-state index is 0.0898. The highest BCUT2D eigenvalue weighted by atomic mass is 79.9. The summed E-state index contributed by atoms with van der Waals surface area (Å²) in [5.41, 5.74) is 1.30. The summed E-state index contributed by atoms with van der Waals surface area (Å²) in [6, 6.07) is 9.09. The van der Waals surface area contributed by atoms with Crippen LogP contribution >= 0.6 is 27.5 Å². The number of benzene rings is 2. The van der Waals surface area contributed by atoms with Crippen molar-refractivity contribution < 1.29 is 9.18 Å². The minimum atomic E-state index is -0.562. The lowest BCUT2D eigenvalue weighted by molar-refractivity contribution is 0.262. The number of nitrogens with one attached hydrogen (secondary N) is 2. The number of hydrogen-bond donors (Lipinski definition) is 2. The molecule has 0 aliphatic heterocycles. The summed E-state index contributed by atoms with van der Waals surface area (Å²) < 4.78 is 14.4. The third-order valence-corrected chi connectivity index (χ3v) is 3.80. The molecule has 0 radical (unpaired) electrons. The Balaban J connectivity index is 2.13. The summed E-state index contributed by atoms with van der Waals surface area (Å²) in [6.07, 6.45) is 0. The summed E-state index contributed by atoms with van der Waals surface area (Å²) in [6.45, 7) is 1.76. The Bertz CT molecular complexity index is 664. The van der Waals surface area contributed by atoms with Crippen molar-refractivity contribution in [2.45, 2.75) is 6.92 Å². The minimum Gasteiger partial charge on any atom is -0.306 e. The second-order valence-corrected chi connectivity index (χ2v) is 5.40. The fraction of sp³-hybridized carbons (Fsp3) is 0.0714. The highest BCUT2D eigenvalue weighted by Gasteiger charge is 2.10. The zero-order valence-corrected chi connectivity index (χ0v) is 12.8. The molecule has 0 unspecified atom stereocenters. The molecule has 0 atom stereocenters. The molecule has 2 aromatic carbocycles. The number of aryl methyl sites for hydroxylation is 1.